The van der Waals surface area contributed by atoms with Crippen molar-refractivity contribution in [3.63, 3.8) is 0 Å². The Bertz CT molecular complexity index is 686. The van der Waals surface area contributed by atoms with Crippen molar-refractivity contribution >= 4 is 15.8 Å². The molecule has 1 heterocycles. The van der Waals surface area contributed by atoms with E-state index in [4.69, 9.17) is 4.18 Å². The molecule has 1 aliphatic heterocycles. The molecular weight excluding hydrogens is 302 g/mol. The fraction of sp³-hybridized carbons (Fsp3) is 0.400. The molecule has 1 aliphatic rings. The minimum absolute atomic E-state index is 0.0796. The Balaban J connectivity index is 2.23. The highest BCUT2D eigenvalue weighted by Gasteiger charge is 2.21. The molecule has 2 rings (SSSR count). The predicted molar refractivity (Wildman–Crippen MR) is 85.5 cm³/mol. The lowest BCUT2D eigenvalue weighted by molar-refractivity contribution is 0.284. The van der Waals surface area contributed by atoms with Crippen molar-refractivity contribution in [1.82, 2.24) is 4.90 Å². The van der Waals surface area contributed by atoms with Crippen LogP contribution in [0, 0.1) is 11.3 Å². The van der Waals surface area contributed by atoms with Gasteiger partial charge in [0, 0.05) is 32.7 Å². The highest BCUT2D eigenvalue weighted by Crippen LogP contribution is 2.30. The molecule has 1 aromatic carbocycles. The smallest absolute Gasteiger partial charge is 0.306 e. The van der Waals surface area contributed by atoms with Gasteiger partial charge in [-0.25, -0.2) is 0 Å². The van der Waals surface area contributed by atoms with Gasteiger partial charge in [-0.1, -0.05) is 12.1 Å². The van der Waals surface area contributed by atoms with Crippen molar-refractivity contribution in [1.29, 1.82) is 5.26 Å². The van der Waals surface area contributed by atoms with Crippen LogP contribution in [0.3, 0.4) is 0 Å². The lowest BCUT2D eigenvalue weighted by Crippen LogP contribution is -2.46. The van der Waals surface area contributed by atoms with Crippen LogP contribution in [0.2, 0.25) is 0 Å². The summed E-state index contributed by atoms with van der Waals surface area (Å²) in [5.74, 6) is 0.0796. The quantitative estimate of drug-likeness (QED) is 0.599. The lowest BCUT2D eigenvalue weighted by atomic mass is 10.1. The van der Waals surface area contributed by atoms with E-state index in [1.165, 1.54) is 6.07 Å². The van der Waals surface area contributed by atoms with Crippen LogP contribution < -0.4 is 9.08 Å². The first kappa shape index (κ1) is 16.3. The molecule has 0 N–H and O–H groups in total. The average Bonchev–Trinajstić information content (AvgIpc) is 2.46. The van der Waals surface area contributed by atoms with E-state index in [1.54, 1.807) is 6.07 Å². The fourth-order valence-corrected chi connectivity index (χ4v) is 2.95. The standard InChI is InChI=1S/C15H19N3O3S/c1-3-7-17-8-10-18(11-9-17)14-5-4-6-15(13(14)12-16)21-22(2,19)20/h3-6H,1,7-11H2,2H3. The van der Waals surface area contributed by atoms with Gasteiger partial charge >= 0.3 is 10.1 Å². The summed E-state index contributed by atoms with van der Waals surface area (Å²) in [7, 11) is -3.66. The van der Waals surface area contributed by atoms with E-state index in [-0.39, 0.29) is 11.3 Å². The third-order valence-corrected chi connectivity index (χ3v) is 3.94. The number of anilines is 1. The summed E-state index contributed by atoms with van der Waals surface area (Å²) in [4.78, 5) is 4.35. The third-order valence-electron chi connectivity index (χ3n) is 3.46. The van der Waals surface area contributed by atoms with Gasteiger partial charge in [-0.15, -0.1) is 6.58 Å². The van der Waals surface area contributed by atoms with E-state index in [0.29, 0.717) is 5.69 Å². The number of hydrogen-bond acceptors (Lipinski definition) is 6. The molecule has 0 radical (unpaired) electrons. The second-order valence-corrected chi connectivity index (χ2v) is 6.70. The van der Waals surface area contributed by atoms with Crippen LogP contribution in [0.4, 0.5) is 5.69 Å². The van der Waals surface area contributed by atoms with E-state index in [2.05, 4.69) is 22.4 Å². The Labute approximate surface area is 131 Å². The van der Waals surface area contributed by atoms with Gasteiger partial charge in [0.05, 0.1) is 11.9 Å². The van der Waals surface area contributed by atoms with Crippen molar-refractivity contribution in [2.45, 2.75) is 0 Å². The molecule has 1 fully saturated rings. The van der Waals surface area contributed by atoms with Gasteiger partial charge in [0.2, 0.25) is 0 Å². The molecule has 0 aliphatic carbocycles. The number of nitrogens with zero attached hydrogens (tertiary/aromatic N) is 3. The Morgan fingerprint density at radius 2 is 2.05 bits per heavy atom. The van der Waals surface area contributed by atoms with Gasteiger partial charge in [0.1, 0.15) is 11.6 Å². The molecule has 7 heteroatoms. The maximum absolute atomic E-state index is 11.3. The molecule has 1 saturated heterocycles. The summed E-state index contributed by atoms with van der Waals surface area (Å²) < 4.78 is 27.5. The molecule has 0 atom stereocenters. The van der Waals surface area contributed by atoms with Crippen LogP contribution in [0.5, 0.6) is 5.75 Å². The van der Waals surface area contributed by atoms with E-state index in [9.17, 15) is 13.7 Å². The predicted octanol–water partition coefficient (Wildman–Crippen LogP) is 1.20. The SMILES string of the molecule is C=CCN1CCN(c2cccc(OS(C)(=O)=O)c2C#N)CC1. The lowest BCUT2D eigenvalue weighted by Gasteiger charge is -2.36. The van der Waals surface area contributed by atoms with Crippen LogP contribution >= 0.6 is 0 Å². The normalized spacial score (nSPS) is 16.1. The molecule has 0 aromatic heterocycles. The number of rotatable bonds is 5. The summed E-state index contributed by atoms with van der Waals surface area (Å²) in [6, 6.07) is 7.07. The van der Waals surface area contributed by atoms with Gasteiger partial charge in [0.15, 0.2) is 5.75 Å². The Kier molecular flexibility index (Phi) is 5.06. The van der Waals surface area contributed by atoms with Crippen LogP contribution in [-0.4, -0.2) is 52.3 Å². The molecular formula is C15H19N3O3S. The van der Waals surface area contributed by atoms with E-state index < -0.39 is 10.1 Å². The van der Waals surface area contributed by atoms with Crippen LogP contribution in [0.1, 0.15) is 5.56 Å². The Morgan fingerprint density at radius 1 is 1.36 bits per heavy atom. The Morgan fingerprint density at radius 3 is 2.59 bits per heavy atom. The Hall–Kier alpha value is -2.04. The molecule has 0 unspecified atom stereocenters. The minimum Gasteiger partial charge on any atom is -0.381 e. The van der Waals surface area contributed by atoms with Gasteiger partial charge < -0.3 is 9.08 Å². The van der Waals surface area contributed by atoms with Gasteiger partial charge in [-0.05, 0) is 12.1 Å². The molecule has 22 heavy (non-hydrogen) atoms. The fourth-order valence-electron chi connectivity index (χ4n) is 2.48. The molecule has 1 aromatic rings. The molecule has 0 spiro atoms. The van der Waals surface area contributed by atoms with Gasteiger partial charge in [0.25, 0.3) is 0 Å². The second-order valence-electron chi connectivity index (χ2n) is 5.13. The zero-order valence-corrected chi connectivity index (χ0v) is 13.3. The van der Waals surface area contributed by atoms with Crippen molar-refractivity contribution in [3.8, 4) is 11.8 Å². The van der Waals surface area contributed by atoms with Crippen molar-refractivity contribution in [3.05, 3.63) is 36.4 Å². The number of benzene rings is 1. The second kappa shape index (κ2) is 6.81. The summed E-state index contributed by atoms with van der Waals surface area (Å²) >= 11 is 0. The largest absolute Gasteiger partial charge is 0.381 e. The molecule has 6 nitrogen and oxygen atoms in total. The number of nitriles is 1. The molecule has 0 saturated carbocycles. The maximum Gasteiger partial charge on any atom is 0.306 e. The number of hydrogen-bond donors (Lipinski definition) is 0. The van der Waals surface area contributed by atoms with Crippen LogP contribution in [-0.2, 0) is 10.1 Å². The summed E-state index contributed by atoms with van der Waals surface area (Å²) in [5, 5.41) is 9.39. The zero-order valence-electron chi connectivity index (χ0n) is 12.5. The highest BCUT2D eigenvalue weighted by atomic mass is 32.2. The monoisotopic (exact) mass is 321 g/mol. The molecule has 0 bridgehead atoms. The topological polar surface area (TPSA) is 73.6 Å². The van der Waals surface area contributed by atoms with E-state index >= 15 is 0 Å². The van der Waals surface area contributed by atoms with E-state index in [1.807, 2.05) is 12.1 Å². The average molecular weight is 321 g/mol. The van der Waals surface area contributed by atoms with Crippen molar-refractivity contribution in [2.24, 2.45) is 0 Å². The summed E-state index contributed by atoms with van der Waals surface area (Å²) in [5.41, 5.74) is 0.965. The van der Waals surface area contributed by atoms with Crippen molar-refractivity contribution < 1.29 is 12.6 Å². The first-order valence-corrected chi connectivity index (χ1v) is 8.77. The maximum atomic E-state index is 11.3. The molecule has 0 amide bonds. The third kappa shape index (κ3) is 4.00. The summed E-state index contributed by atoms with van der Waals surface area (Å²) in [6.45, 7) is 7.85. The van der Waals surface area contributed by atoms with Gasteiger partial charge in [-0.2, -0.15) is 13.7 Å². The first-order valence-electron chi connectivity index (χ1n) is 6.95. The van der Waals surface area contributed by atoms with Crippen LogP contribution in [0.25, 0.3) is 0 Å². The van der Waals surface area contributed by atoms with Gasteiger partial charge in [-0.3, -0.25) is 4.90 Å². The highest BCUT2D eigenvalue weighted by molar-refractivity contribution is 7.86. The summed E-state index contributed by atoms with van der Waals surface area (Å²) in [6.07, 6.45) is 2.84. The van der Waals surface area contributed by atoms with E-state index in [0.717, 1.165) is 39.0 Å². The van der Waals surface area contributed by atoms with Crippen LogP contribution in [0.15, 0.2) is 30.9 Å². The zero-order chi connectivity index (χ0) is 16.2. The minimum atomic E-state index is -3.66. The number of piperazine rings is 1. The molecule has 118 valence electrons. The van der Waals surface area contributed by atoms with Crippen molar-refractivity contribution in [2.75, 3.05) is 43.9 Å². The first-order chi connectivity index (χ1) is 10.4.